The third kappa shape index (κ3) is 4.92. The van der Waals surface area contributed by atoms with E-state index in [1.165, 1.54) is 16.3 Å². The van der Waals surface area contributed by atoms with Crippen LogP contribution < -0.4 is 15.6 Å². The van der Waals surface area contributed by atoms with Gasteiger partial charge in [-0.05, 0) is 65.3 Å². The van der Waals surface area contributed by atoms with E-state index in [0.29, 0.717) is 5.75 Å². The maximum absolute atomic E-state index is 13.1. The molecule has 3 atom stereocenters. The van der Waals surface area contributed by atoms with E-state index in [4.69, 9.17) is 4.74 Å². The number of ether oxygens (including phenoxy) is 1. The van der Waals surface area contributed by atoms with Gasteiger partial charge in [0.1, 0.15) is 5.75 Å². The molecule has 166 valence electrons. The van der Waals surface area contributed by atoms with Gasteiger partial charge in [0, 0.05) is 6.04 Å². The highest BCUT2D eigenvalue weighted by molar-refractivity contribution is 7.89. The topological polar surface area (TPSA) is 90.4 Å². The maximum atomic E-state index is 13.1. The lowest BCUT2D eigenvalue weighted by Gasteiger charge is -2.36. The molecule has 1 fully saturated rings. The lowest BCUT2D eigenvalue weighted by atomic mass is 9.74. The summed E-state index contributed by atoms with van der Waals surface area (Å²) in [5, 5.41) is 2.49. The molecule has 0 heterocycles. The fraction of sp³-hybridized carbons (Fsp3) is 0.360. The highest BCUT2D eigenvalue weighted by atomic mass is 32.2. The zero-order chi connectivity index (χ0) is 21.1. The number of rotatable bonds is 6. The van der Waals surface area contributed by atoms with E-state index >= 15 is 0 Å². The molecule has 0 bridgehead atoms. The quantitative estimate of drug-likeness (QED) is 0.518. The number of sulfonamides is 1. The Hall–Kier alpha value is -2.41. The second-order valence-corrected chi connectivity index (χ2v) is 9.92. The van der Waals surface area contributed by atoms with Gasteiger partial charge >= 0.3 is 0 Å². The molecule has 3 unspecified atom stereocenters. The van der Waals surface area contributed by atoms with Crippen molar-refractivity contribution in [1.82, 2.24) is 10.9 Å². The van der Waals surface area contributed by atoms with Crippen LogP contribution in [0.4, 0.5) is 0 Å². The van der Waals surface area contributed by atoms with Crippen LogP contribution >= 0.6 is 0 Å². The van der Waals surface area contributed by atoms with Gasteiger partial charge in [-0.25, -0.2) is 13.1 Å². The average molecular weight is 441 g/mol. The molecule has 4 N–H and O–H groups in total. The van der Waals surface area contributed by atoms with Crippen molar-refractivity contribution in [1.29, 1.82) is 0 Å². The average Bonchev–Trinajstić information content (AvgIpc) is 2.78. The van der Waals surface area contributed by atoms with Gasteiger partial charge in [0.15, 0.2) is 0 Å². The predicted molar refractivity (Wildman–Crippen MR) is 126 cm³/mol. The fourth-order valence-corrected chi connectivity index (χ4v) is 6.13. The molecule has 1 aliphatic rings. The molecule has 0 aliphatic heterocycles. The summed E-state index contributed by atoms with van der Waals surface area (Å²) < 4.78 is 34.3. The summed E-state index contributed by atoms with van der Waals surface area (Å²) in [5.41, 5.74) is 1.30. The van der Waals surface area contributed by atoms with Crippen LogP contribution in [-0.4, -0.2) is 21.6 Å². The van der Waals surface area contributed by atoms with Crippen molar-refractivity contribution in [3.8, 4) is 5.75 Å². The smallest absolute Gasteiger partial charge is 0.240 e. The van der Waals surface area contributed by atoms with Crippen LogP contribution in [0.1, 0.15) is 44.1 Å². The van der Waals surface area contributed by atoms with Gasteiger partial charge in [-0.15, -0.1) is 0 Å². The van der Waals surface area contributed by atoms with Crippen molar-refractivity contribution < 1.29 is 13.2 Å². The van der Waals surface area contributed by atoms with Crippen molar-refractivity contribution in [2.75, 3.05) is 7.11 Å². The van der Waals surface area contributed by atoms with Gasteiger partial charge in [-0.3, -0.25) is 0 Å². The molecule has 4 rings (SSSR count). The van der Waals surface area contributed by atoms with Crippen LogP contribution in [0, 0.1) is 5.92 Å². The van der Waals surface area contributed by atoms with Crippen molar-refractivity contribution in [3.63, 3.8) is 0 Å². The van der Waals surface area contributed by atoms with E-state index in [9.17, 15) is 8.42 Å². The summed E-state index contributed by atoms with van der Waals surface area (Å²) in [7, 11) is -2.01. The third-order valence-corrected chi connectivity index (χ3v) is 7.96. The Morgan fingerprint density at radius 2 is 1.61 bits per heavy atom. The van der Waals surface area contributed by atoms with Gasteiger partial charge in [0.25, 0.3) is 0 Å². The minimum Gasteiger partial charge on any atom is -0.497 e. The number of nitrogens with one attached hydrogen (secondary N) is 1. The largest absolute Gasteiger partial charge is 0.497 e. The zero-order valence-electron chi connectivity index (χ0n) is 18.3. The van der Waals surface area contributed by atoms with Crippen molar-refractivity contribution >= 4 is 20.8 Å². The molecular formula is C25H32N2O3S. The summed E-state index contributed by atoms with van der Waals surface area (Å²) in [4.78, 5) is 0.283. The SMILES string of the molecule is COc1ccc(S(=O)(=O)NC2CCCCC2C(C)c2cccc3ccccc23)cc1.N. The Morgan fingerprint density at radius 1 is 0.935 bits per heavy atom. The van der Waals surface area contributed by atoms with Crippen LogP contribution in [0.5, 0.6) is 5.75 Å². The number of benzene rings is 3. The number of hydrogen-bond acceptors (Lipinski definition) is 4. The first-order valence-electron chi connectivity index (χ1n) is 10.6. The summed E-state index contributed by atoms with van der Waals surface area (Å²) in [5.74, 6) is 1.17. The standard InChI is InChI=1S/C25H29NO3S.H3N/c1-18(22-12-7-9-19-8-3-4-11-24(19)22)23-10-5-6-13-25(23)26-30(27,28)21-16-14-20(29-2)15-17-21;/h3-4,7-9,11-12,14-18,23,25-26H,5-6,10,13H2,1-2H3;1H3. The van der Waals surface area contributed by atoms with E-state index < -0.39 is 10.0 Å². The van der Waals surface area contributed by atoms with E-state index in [0.717, 1.165) is 25.7 Å². The highest BCUT2D eigenvalue weighted by Gasteiger charge is 2.34. The summed E-state index contributed by atoms with van der Waals surface area (Å²) in [6.07, 6.45) is 4.09. The number of hydrogen-bond donors (Lipinski definition) is 2. The maximum Gasteiger partial charge on any atom is 0.240 e. The molecule has 0 aromatic heterocycles. The van der Waals surface area contributed by atoms with Crippen molar-refractivity contribution in [2.45, 2.75) is 49.5 Å². The first-order valence-corrected chi connectivity index (χ1v) is 12.1. The van der Waals surface area contributed by atoms with E-state index in [1.807, 2.05) is 0 Å². The first kappa shape index (κ1) is 23.3. The molecule has 1 aliphatic carbocycles. The monoisotopic (exact) mass is 440 g/mol. The van der Waals surface area contributed by atoms with E-state index in [-0.39, 0.29) is 28.9 Å². The second-order valence-electron chi connectivity index (χ2n) is 8.21. The van der Waals surface area contributed by atoms with Crippen molar-refractivity contribution in [3.05, 3.63) is 72.3 Å². The Balaban J connectivity index is 0.00000272. The lowest BCUT2D eigenvalue weighted by Crippen LogP contribution is -2.43. The first-order chi connectivity index (χ1) is 14.5. The van der Waals surface area contributed by atoms with Gasteiger partial charge in [0.05, 0.1) is 12.0 Å². The molecular weight excluding hydrogens is 408 g/mol. The number of fused-ring (bicyclic) bond motifs is 1. The van der Waals surface area contributed by atoms with Crippen LogP contribution in [0.25, 0.3) is 10.8 Å². The zero-order valence-corrected chi connectivity index (χ0v) is 19.1. The van der Waals surface area contributed by atoms with Gasteiger partial charge in [-0.2, -0.15) is 0 Å². The molecule has 1 saturated carbocycles. The Morgan fingerprint density at radius 3 is 2.35 bits per heavy atom. The molecule has 0 saturated heterocycles. The minimum absolute atomic E-state index is 0. The molecule has 6 heteroatoms. The van der Waals surface area contributed by atoms with Crippen LogP contribution in [0.2, 0.25) is 0 Å². The number of methoxy groups -OCH3 is 1. The predicted octanol–water partition coefficient (Wildman–Crippen LogP) is 5.65. The van der Waals surface area contributed by atoms with Gasteiger partial charge in [-0.1, -0.05) is 62.2 Å². The Bertz CT molecular complexity index is 1110. The molecule has 0 radical (unpaired) electrons. The Labute approximate surface area is 185 Å². The van der Waals surface area contributed by atoms with E-state index in [2.05, 4.69) is 54.1 Å². The summed E-state index contributed by atoms with van der Waals surface area (Å²) in [6.45, 7) is 2.24. The molecule has 3 aromatic rings. The summed E-state index contributed by atoms with van der Waals surface area (Å²) in [6, 6.07) is 21.4. The van der Waals surface area contributed by atoms with Crippen LogP contribution in [0.15, 0.2) is 71.6 Å². The fourth-order valence-electron chi connectivity index (χ4n) is 4.80. The van der Waals surface area contributed by atoms with Gasteiger partial charge < -0.3 is 10.9 Å². The lowest BCUT2D eigenvalue weighted by molar-refractivity contribution is 0.257. The molecule has 31 heavy (non-hydrogen) atoms. The molecule has 0 spiro atoms. The third-order valence-electron chi connectivity index (χ3n) is 6.45. The normalized spacial score (nSPS) is 20.1. The van der Waals surface area contributed by atoms with Crippen LogP contribution in [0.3, 0.4) is 0 Å². The highest BCUT2D eigenvalue weighted by Crippen LogP contribution is 2.39. The molecule has 5 nitrogen and oxygen atoms in total. The van der Waals surface area contributed by atoms with Gasteiger partial charge in [0.2, 0.25) is 10.0 Å². The molecule has 3 aromatic carbocycles. The Kier molecular flexibility index (Phi) is 7.36. The van der Waals surface area contributed by atoms with Crippen LogP contribution in [-0.2, 0) is 10.0 Å². The second kappa shape index (κ2) is 9.81. The van der Waals surface area contributed by atoms with E-state index in [1.54, 1.807) is 31.4 Å². The minimum atomic E-state index is -3.58. The molecule has 0 amide bonds. The van der Waals surface area contributed by atoms with Crippen molar-refractivity contribution in [2.24, 2.45) is 5.92 Å². The summed E-state index contributed by atoms with van der Waals surface area (Å²) >= 11 is 0.